The average molecular weight is 322 g/mol. The molecule has 0 fully saturated rings. The highest BCUT2D eigenvalue weighted by Gasteiger charge is 2.03. The molecule has 0 aliphatic rings. The van der Waals surface area contributed by atoms with E-state index in [0.717, 1.165) is 24.1 Å². The molecule has 19 heavy (non-hydrogen) atoms. The van der Waals surface area contributed by atoms with Gasteiger partial charge in [0.1, 0.15) is 5.82 Å². The molecule has 0 aliphatic carbocycles. The van der Waals surface area contributed by atoms with Gasteiger partial charge in [0.2, 0.25) is 0 Å². The monoisotopic (exact) mass is 321 g/mol. The molecule has 2 aromatic rings. The molecule has 1 N–H and O–H groups in total. The molecule has 100 valence electrons. The van der Waals surface area contributed by atoms with E-state index in [0.29, 0.717) is 11.0 Å². The van der Waals surface area contributed by atoms with Gasteiger partial charge in [0, 0.05) is 12.2 Å². The Morgan fingerprint density at radius 3 is 2.68 bits per heavy atom. The number of rotatable bonds is 5. The van der Waals surface area contributed by atoms with Gasteiger partial charge in [0.25, 0.3) is 0 Å². The smallest absolute Gasteiger partial charge is 0.137 e. The van der Waals surface area contributed by atoms with Crippen molar-refractivity contribution in [3.63, 3.8) is 0 Å². The molecule has 0 radical (unpaired) electrons. The first kappa shape index (κ1) is 14.1. The Kier molecular flexibility index (Phi) is 4.97. The van der Waals surface area contributed by atoms with Crippen molar-refractivity contribution in [2.45, 2.75) is 26.3 Å². The zero-order valence-corrected chi connectivity index (χ0v) is 12.5. The second-order valence-corrected chi connectivity index (χ2v) is 5.36. The van der Waals surface area contributed by atoms with E-state index in [2.05, 4.69) is 46.4 Å². The molecule has 0 bridgehead atoms. The lowest BCUT2D eigenvalue weighted by Gasteiger charge is -2.11. The number of anilines is 1. The number of para-hydroxylation sites is 1. The van der Waals surface area contributed by atoms with Gasteiger partial charge < -0.3 is 5.32 Å². The van der Waals surface area contributed by atoms with Crippen LogP contribution in [0, 0.1) is 5.82 Å². The van der Waals surface area contributed by atoms with Crippen LogP contribution in [0.4, 0.5) is 10.1 Å². The van der Waals surface area contributed by atoms with Crippen molar-refractivity contribution in [1.82, 2.24) is 0 Å². The van der Waals surface area contributed by atoms with Crippen LogP contribution in [0.5, 0.6) is 0 Å². The molecular formula is C16H17BrFN. The van der Waals surface area contributed by atoms with E-state index in [4.69, 9.17) is 0 Å². The zero-order valence-electron chi connectivity index (χ0n) is 10.9. The van der Waals surface area contributed by atoms with E-state index in [1.807, 2.05) is 12.1 Å². The van der Waals surface area contributed by atoms with Gasteiger partial charge in [-0.25, -0.2) is 4.39 Å². The maximum atomic E-state index is 13.4. The summed E-state index contributed by atoms with van der Waals surface area (Å²) in [6.07, 6.45) is 2.17. The van der Waals surface area contributed by atoms with Gasteiger partial charge in [0.05, 0.1) is 4.47 Å². The maximum absolute atomic E-state index is 13.4. The third-order valence-corrected chi connectivity index (χ3v) is 3.65. The van der Waals surface area contributed by atoms with Gasteiger partial charge in [-0.05, 0) is 51.7 Å². The third-order valence-electron chi connectivity index (χ3n) is 3.00. The van der Waals surface area contributed by atoms with Crippen LogP contribution in [0.15, 0.2) is 46.9 Å². The van der Waals surface area contributed by atoms with E-state index in [-0.39, 0.29) is 5.82 Å². The number of benzene rings is 2. The summed E-state index contributed by atoms with van der Waals surface area (Å²) in [5.41, 5.74) is 3.38. The maximum Gasteiger partial charge on any atom is 0.137 e. The SMILES string of the molecule is CCCc1ccccc1NCc1ccc(Br)c(F)c1. The lowest BCUT2D eigenvalue weighted by Crippen LogP contribution is -2.02. The lowest BCUT2D eigenvalue weighted by atomic mass is 10.1. The predicted molar refractivity (Wildman–Crippen MR) is 81.9 cm³/mol. The van der Waals surface area contributed by atoms with Crippen molar-refractivity contribution in [3.05, 3.63) is 63.9 Å². The molecule has 2 rings (SSSR count). The van der Waals surface area contributed by atoms with Crippen molar-refractivity contribution in [2.24, 2.45) is 0 Å². The Morgan fingerprint density at radius 1 is 1.16 bits per heavy atom. The molecule has 0 spiro atoms. The zero-order chi connectivity index (χ0) is 13.7. The lowest BCUT2D eigenvalue weighted by molar-refractivity contribution is 0.619. The minimum absolute atomic E-state index is 0.221. The van der Waals surface area contributed by atoms with Gasteiger partial charge in [0.15, 0.2) is 0 Å². The minimum atomic E-state index is -0.221. The van der Waals surface area contributed by atoms with Crippen LogP contribution >= 0.6 is 15.9 Å². The van der Waals surface area contributed by atoms with E-state index in [1.54, 1.807) is 12.1 Å². The summed E-state index contributed by atoms with van der Waals surface area (Å²) < 4.78 is 13.9. The van der Waals surface area contributed by atoms with Crippen molar-refractivity contribution >= 4 is 21.6 Å². The summed E-state index contributed by atoms with van der Waals surface area (Å²) in [7, 11) is 0. The standard InChI is InChI=1S/C16H17BrFN/c1-2-5-13-6-3-4-7-16(13)19-11-12-8-9-14(17)15(18)10-12/h3-4,6-10,19H,2,5,11H2,1H3. The topological polar surface area (TPSA) is 12.0 Å². The van der Waals surface area contributed by atoms with E-state index < -0.39 is 0 Å². The summed E-state index contributed by atoms with van der Waals surface area (Å²) in [4.78, 5) is 0. The van der Waals surface area contributed by atoms with Gasteiger partial charge in [-0.15, -0.1) is 0 Å². The molecule has 0 aromatic heterocycles. The van der Waals surface area contributed by atoms with E-state index in [1.165, 1.54) is 5.56 Å². The molecule has 0 aliphatic heterocycles. The molecule has 0 saturated heterocycles. The number of nitrogens with one attached hydrogen (secondary N) is 1. The Morgan fingerprint density at radius 2 is 1.95 bits per heavy atom. The Bertz CT molecular complexity index is 554. The number of hydrogen-bond acceptors (Lipinski definition) is 1. The highest BCUT2D eigenvalue weighted by atomic mass is 79.9. The quantitative estimate of drug-likeness (QED) is 0.802. The largest absolute Gasteiger partial charge is 0.381 e. The second-order valence-electron chi connectivity index (χ2n) is 4.51. The summed E-state index contributed by atoms with van der Waals surface area (Å²) in [6, 6.07) is 13.5. The first-order chi connectivity index (χ1) is 9.20. The van der Waals surface area contributed by atoms with E-state index in [9.17, 15) is 4.39 Å². The van der Waals surface area contributed by atoms with Crippen LogP contribution in [-0.4, -0.2) is 0 Å². The first-order valence-electron chi connectivity index (χ1n) is 6.46. The molecule has 2 aromatic carbocycles. The van der Waals surface area contributed by atoms with Gasteiger partial charge in [-0.3, -0.25) is 0 Å². The fourth-order valence-electron chi connectivity index (χ4n) is 2.03. The van der Waals surface area contributed by atoms with Crippen LogP contribution in [0.2, 0.25) is 0 Å². The van der Waals surface area contributed by atoms with Crippen LogP contribution in [-0.2, 0) is 13.0 Å². The van der Waals surface area contributed by atoms with Crippen molar-refractivity contribution in [1.29, 1.82) is 0 Å². The molecule has 0 amide bonds. The fraction of sp³-hybridized carbons (Fsp3) is 0.250. The molecule has 0 atom stereocenters. The number of aryl methyl sites for hydroxylation is 1. The van der Waals surface area contributed by atoms with Gasteiger partial charge in [-0.1, -0.05) is 37.6 Å². The Labute approximate surface area is 122 Å². The summed E-state index contributed by atoms with van der Waals surface area (Å²) in [6.45, 7) is 2.80. The van der Waals surface area contributed by atoms with Crippen molar-refractivity contribution in [2.75, 3.05) is 5.32 Å². The van der Waals surface area contributed by atoms with Gasteiger partial charge >= 0.3 is 0 Å². The molecule has 0 saturated carbocycles. The molecule has 0 heterocycles. The summed E-state index contributed by atoms with van der Waals surface area (Å²) in [5, 5.41) is 3.38. The molecule has 0 unspecified atom stereocenters. The molecule has 1 nitrogen and oxygen atoms in total. The van der Waals surface area contributed by atoms with E-state index >= 15 is 0 Å². The van der Waals surface area contributed by atoms with Crippen LogP contribution < -0.4 is 5.32 Å². The highest BCUT2D eigenvalue weighted by molar-refractivity contribution is 9.10. The first-order valence-corrected chi connectivity index (χ1v) is 7.25. The summed E-state index contributed by atoms with van der Waals surface area (Å²) >= 11 is 3.16. The summed E-state index contributed by atoms with van der Waals surface area (Å²) in [5.74, 6) is -0.221. The average Bonchev–Trinajstić information content (AvgIpc) is 2.42. The highest BCUT2D eigenvalue weighted by Crippen LogP contribution is 2.20. The Balaban J connectivity index is 2.07. The van der Waals surface area contributed by atoms with Crippen molar-refractivity contribution in [3.8, 4) is 0 Å². The second kappa shape index (κ2) is 6.71. The number of halogens is 2. The molecular weight excluding hydrogens is 305 g/mol. The minimum Gasteiger partial charge on any atom is -0.381 e. The number of hydrogen-bond donors (Lipinski definition) is 1. The van der Waals surface area contributed by atoms with Crippen LogP contribution in [0.3, 0.4) is 0 Å². The molecule has 3 heteroatoms. The Hall–Kier alpha value is -1.35. The predicted octanol–water partition coefficient (Wildman–Crippen LogP) is 5.15. The van der Waals surface area contributed by atoms with Crippen molar-refractivity contribution < 1.29 is 4.39 Å². The third kappa shape index (κ3) is 3.80. The fourth-order valence-corrected chi connectivity index (χ4v) is 2.27. The van der Waals surface area contributed by atoms with Gasteiger partial charge in [-0.2, -0.15) is 0 Å². The van der Waals surface area contributed by atoms with Crippen LogP contribution in [0.1, 0.15) is 24.5 Å². The van der Waals surface area contributed by atoms with Crippen LogP contribution in [0.25, 0.3) is 0 Å². The normalized spacial score (nSPS) is 10.5.